The van der Waals surface area contributed by atoms with E-state index in [2.05, 4.69) is 132 Å². The van der Waals surface area contributed by atoms with Gasteiger partial charge in [-0.1, -0.05) is 164 Å². The summed E-state index contributed by atoms with van der Waals surface area (Å²) in [6.07, 6.45) is 0. The maximum atomic E-state index is 15.0. The van der Waals surface area contributed by atoms with Crippen LogP contribution in [-0.4, -0.2) is 9.55 Å². The summed E-state index contributed by atoms with van der Waals surface area (Å²) in [5, 5.41) is 8.29. The van der Waals surface area contributed by atoms with E-state index in [1.807, 2.05) is 72.8 Å². The molecule has 0 aliphatic rings. The zero-order valence-electron chi connectivity index (χ0n) is 28.8. The Bertz CT molecular complexity index is 2950. The minimum absolute atomic E-state index is 0.819. The lowest BCUT2D eigenvalue weighted by Gasteiger charge is -2.20. The fourth-order valence-electron chi connectivity index (χ4n) is 7.90. The van der Waals surface area contributed by atoms with E-state index in [0.29, 0.717) is 0 Å². The molecule has 0 bridgehead atoms. The lowest BCUT2D eigenvalue weighted by molar-refractivity contribution is 0.592. The molecule has 0 spiro atoms. The van der Waals surface area contributed by atoms with Gasteiger partial charge in [0.1, 0.15) is 0 Å². The second-order valence-electron chi connectivity index (χ2n) is 13.5. The first-order valence-electron chi connectivity index (χ1n) is 17.9. The molecular formula is C49H33N2OP. The van der Waals surface area contributed by atoms with Gasteiger partial charge >= 0.3 is 0 Å². The van der Waals surface area contributed by atoms with Gasteiger partial charge in [0.2, 0.25) is 0 Å². The number of fused-ring (bicyclic) bond motifs is 6. The van der Waals surface area contributed by atoms with Crippen LogP contribution in [0.4, 0.5) is 0 Å². The molecule has 0 radical (unpaired) electrons. The van der Waals surface area contributed by atoms with Crippen LogP contribution in [0.25, 0.3) is 71.6 Å². The number of aromatic nitrogens is 2. The van der Waals surface area contributed by atoms with E-state index < -0.39 is 7.14 Å². The number of para-hydroxylation sites is 2. The maximum absolute atomic E-state index is 15.0. The van der Waals surface area contributed by atoms with Crippen molar-refractivity contribution < 1.29 is 4.57 Å². The lowest BCUT2D eigenvalue weighted by atomic mass is 9.97. The first-order chi connectivity index (χ1) is 26.2. The average molecular weight is 697 g/mol. The standard InChI is InChI=1S/C49H33N2OP/c52-53(38-19-9-3-10-20-38,39-21-11-4-12-22-39)40-28-25-34(26-29-40)36-27-30-42-44-32-45-43(33-48(44)51(47(42)31-36)37-17-7-2-8-18-37)41-23-13-14-24-46(41)50-49(45)35-15-5-1-6-16-35/h1-33H. The third-order valence-electron chi connectivity index (χ3n) is 10.5. The van der Waals surface area contributed by atoms with Gasteiger partial charge < -0.3 is 9.13 Å². The summed E-state index contributed by atoms with van der Waals surface area (Å²) in [6.45, 7) is 0. The van der Waals surface area contributed by atoms with Crippen molar-refractivity contribution in [1.82, 2.24) is 9.55 Å². The predicted molar refractivity (Wildman–Crippen MR) is 224 cm³/mol. The van der Waals surface area contributed by atoms with Gasteiger partial charge in [0.05, 0.1) is 22.2 Å². The van der Waals surface area contributed by atoms with E-state index in [-0.39, 0.29) is 0 Å². The number of hydrogen-bond acceptors (Lipinski definition) is 2. The predicted octanol–water partition coefficient (Wildman–Crippen LogP) is 11.5. The average Bonchev–Trinajstić information content (AvgIpc) is 3.56. The van der Waals surface area contributed by atoms with Crippen molar-refractivity contribution in [2.45, 2.75) is 0 Å². The van der Waals surface area contributed by atoms with E-state index in [1.165, 1.54) is 16.2 Å². The Morgan fingerprint density at radius 2 is 0.925 bits per heavy atom. The van der Waals surface area contributed by atoms with Crippen LogP contribution in [0.2, 0.25) is 0 Å². The SMILES string of the molecule is O=P(c1ccccc1)(c1ccccc1)c1ccc(-c2ccc3c4cc5c(-c6ccccc6)nc6ccccc6c5cc4n(-c4ccccc4)c3c2)cc1. The monoisotopic (exact) mass is 696 g/mol. The van der Waals surface area contributed by atoms with Gasteiger partial charge in [-0.15, -0.1) is 0 Å². The Labute approximate surface area is 307 Å². The third kappa shape index (κ3) is 5.12. The summed E-state index contributed by atoms with van der Waals surface area (Å²) in [6, 6.07) is 69.0. The van der Waals surface area contributed by atoms with Gasteiger partial charge in [0, 0.05) is 48.7 Å². The van der Waals surface area contributed by atoms with Crippen LogP contribution in [0.5, 0.6) is 0 Å². The number of benzene rings is 8. The number of pyridine rings is 1. The highest BCUT2D eigenvalue weighted by Gasteiger charge is 2.29. The molecule has 0 aliphatic heterocycles. The minimum atomic E-state index is -3.07. The summed E-state index contributed by atoms with van der Waals surface area (Å²) in [7, 11) is -3.07. The quantitative estimate of drug-likeness (QED) is 0.128. The molecule has 8 aromatic carbocycles. The molecule has 0 atom stereocenters. The molecule has 10 aromatic rings. The first-order valence-corrected chi connectivity index (χ1v) is 19.6. The topological polar surface area (TPSA) is 34.9 Å². The van der Waals surface area contributed by atoms with Crippen molar-refractivity contribution in [2.75, 3.05) is 0 Å². The zero-order chi connectivity index (χ0) is 35.4. The Kier molecular flexibility index (Phi) is 7.42. The van der Waals surface area contributed by atoms with Gasteiger partial charge in [-0.3, -0.25) is 0 Å². The Hall–Kier alpha value is -6.54. The normalized spacial score (nSPS) is 11.8. The Morgan fingerprint density at radius 3 is 1.60 bits per heavy atom. The molecule has 0 amide bonds. The van der Waals surface area contributed by atoms with E-state index in [1.54, 1.807) is 0 Å². The summed E-state index contributed by atoms with van der Waals surface area (Å²) in [5.41, 5.74) is 8.61. The van der Waals surface area contributed by atoms with E-state index in [4.69, 9.17) is 4.98 Å². The highest BCUT2D eigenvalue weighted by atomic mass is 31.2. The summed E-state index contributed by atoms with van der Waals surface area (Å²) in [4.78, 5) is 5.22. The molecule has 250 valence electrons. The smallest absolute Gasteiger partial charge is 0.171 e. The van der Waals surface area contributed by atoms with Crippen molar-refractivity contribution >= 4 is 66.5 Å². The first kappa shape index (κ1) is 31.2. The van der Waals surface area contributed by atoms with E-state index in [0.717, 1.165) is 71.3 Å². The molecule has 0 aliphatic carbocycles. The molecule has 0 fully saturated rings. The van der Waals surface area contributed by atoms with Crippen molar-refractivity contribution in [3.63, 3.8) is 0 Å². The van der Waals surface area contributed by atoms with Crippen LogP contribution >= 0.6 is 7.14 Å². The van der Waals surface area contributed by atoms with Gasteiger partial charge in [-0.2, -0.15) is 0 Å². The Morgan fingerprint density at radius 1 is 0.377 bits per heavy atom. The van der Waals surface area contributed by atoms with Crippen LogP contribution in [-0.2, 0) is 4.57 Å². The Balaban J connectivity index is 1.19. The molecule has 2 heterocycles. The van der Waals surface area contributed by atoms with E-state index >= 15 is 4.57 Å². The third-order valence-corrected chi connectivity index (χ3v) is 13.5. The summed E-state index contributed by atoms with van der Waals surface area (Å²) < 4.78 is 17.4. The second kappa shape index (κ2) is 12.6. The highest BCUT2D eigenvalue weighted by Crippen LogP contribution is 2.44. The fourth-order valence-corrected chi connectivity index (χ4v) is 10.5. The molecule has 4 heteroatoms. The van der Waals surface area contributed by atoms with Gasteiger partial charge in [-0.05, 0) is 52.9 Å². The second-order valence-corrected chi connectivity index (χ2v) is 16.3. The molecule has 3 nitrogen and oxygen atoms in total. The summed E-state index contributed by atoms with van der Waals surface area (Å²) >= 11 is 0. The largest absolute Gasteiger partial charge is 0.309 e. The highest BCUT2D eigenvalue weighted by molar-refractivity contribution is 7.85. The molecular weight excluding hydrogens is 664 g/mol. The van der Waals surface area contributed by atoms with Crippen LogP contribution in [0.3, 0.4) is 0 Å². The van der Waals surface area contributed by atoms with Crippen molar-refractivity contribution in [3.8, 4) is 28.1 Å². The van der Waals surface area contributed by atoms with E-state index in [9.17, 15) is 0 Å². The molecule has 2 aromatic heterocycles. The fraction of sp³-hybridized carbons (Fsp3) is 0. The van der Waals surface area contributed by atoms with Crippen LogP contribution in [0, 0.1) is 0 Å². The minimum Gasteiger partial charge on any atom is -0.309 e. The molecule has 53 heavy (non-hydrogen) atoms. The number of rotatable bonds is 6. The van der Waals surface area contributed by atoms with Crippen LogP contribution < -0.4 is 15.9 Å². The number of nitrogens with zero attached hydrogens (tertiary/aromatic N) is 2. The molecule has 10 rings (SSSR count). The van der Waals surface area contributed by atoms with Crippen molar-refractivity contribution in [1.29, 1.82) is 0 Å². The summed E-state index contributed by atoms with van der Waals surface area (Å²) in [5.74, 6) is 0. The molecule has 0 unspecified atom stereocenters. The van der Waals surface area contributed by atoms with Gasteiger partial charge in [0.15, 0.2) is 7.14 Å². The molecule has 0 N–H and O–H groups in total. The lowest BCUT2D eigenvalue weighted by Crippen LogP contribution is -2.24. The zero-order valence-corrected chi connectivity index (χ0v) is 29.7. The molecule has 0 saturated heterocycles. The van der Waals surface area contributed by atoms with Crippen molar-refractivity contribution in [3.05, 3.63) is 200 Å². The van der Waals surface area contributed by atoms with Crippen LogP contribution in [0.15, 0.2) is 200 Å². The number of hydrogen-bond donors (Lipinski definition) is 0. The van der Waals surface area contributed by atoms with Gasteiger partial charge in [-0.25, -0.2) is 4.98 Å². The van der Waals surface area contributed by atoms with Gasteiger partial charge in [0.25, 0.3) is 0 Å². The van der Waals surface area contributed by atoms with Crippen LogP contribution in [0.1, 0.15) is 0 Å². The maximum Gasteiger partial charge on any atom is 0.171 e. The van der Waals surface area contributed by atoms with Crippen molar-refractivity contribution in [2.24, 2.45) is 0 Å². The molecule has 0 saturated carbocycles.